The van der Waals surface area contributed by atoms with Gasteiger partial charge in [-0.3, -0.25) is 4.79 Å². The monoisotopic (exact) mass is 391 g/mol. The maximum absolute atomic E-state index is 12.6. The number of hydrogen-bond donors (Lipinski definition) is 2. The second-order valence-corrected chi connectivity index (χ2v) is 7.85. The lowest BCUT2D eigenvalue weighted by molar-refractivity contribution is -0.129. The van der Waals surface area contributed by atoms with Crippen LogP contribution in [0.5, 0.6) is 0 Å². The van der Waals surface area contributed by atoms with Gasteiger partial charge >= 0.3 is 12.2 Å². The number of ether oxygens (including phenoxy) is 2. The van der Waals surface area contributed by atoms with E-state index in [4.69, 9.17) is 9.47 Å². The van der Waals surface area contributed by atoms with Crippen molar-refractivity contribution in [2.24, 2.45) is 0 Å². The quantitative estimate of drug-likeness (QED) is 0.822. The molecule has 154 valence electrons. The molecule has 1 aromatic carbocycles. The number of hydrogen-bond acceptors (Lipinski definition) is 5. The first-order valence-electron chi connectivity index (χ1n) is 9.34. The predicted octanol–water partition coefficient (Wildman–Crippen LogP) is 2.43. The molecule has 0 bridgehead atoms. The molecule has 1 heterocycles. The van der Waals surface area contributed by atoms with Gasteiger partial charge in [-0.25, -0.2) is 9.59 Å². The molecule has 1 saturated heterocycles. The zero-order valence-electron chi connectivity index (χ0n) is 16.9. The molecule has 0 spiro atoms. The van der Waals surface area contributed by atoms with Crippen molar-refractivity contribution in [2.75, 3.05) is 20.1 Å². The first-order valence-corrected chi connectivity index (χ1v) is 9.34. The van der Waals surface area contributed by atoms with Gasteiger partial charge in [-0.2, -0.15) is 0 Å². The van der Waals surface area contributed by atoms with Crippen molar-refractivity contribution in [1.29, 1.82) is 0 Å². The number of amides is 3. The third-order valence-electron chi connectivity index (χ3n) is 4.36. The Balaban J connectivity index is 2.07. The first-order chi connectivity index (χ1) is 13.1. The Morgan fingerprint density at radius 1 is 1.18 bits per heavy atom. The highest BCUT2D eigenvalue weighted by atomic mass is 16.6. The summed E-state index contributed by atoms with van der Waals surface area (Å²) in [7, 11) is 1.49. The maximum Gasteiger partial charge on any atom is 0.410 e. The van der Waals surface area contributed by atoms with Gasteiger partial charge in [0.1, 0.15) is 17.7 Å². The molecule has 0 aliphatic carbocycles. The Kier molecular flexibility index (Phi) is 6.88. The van der Waals surface area contributed by atoms with Gasteiger partial charge in [0.15, 0.2) is 0 Å². The summed E-state index contributed by atoms with van der Waals surface area (Å²) in [6.07, 6.45) is -0.281. The van der Waals surface area contributed by atoms with E-state index in [0.717, 1.165) is 5.56 Å². The summed E-state index contributed by atoms with van der Waals surface area (Å²) in [6.45, 7) is 5.89. The van der Waals surface area contributed by atoms with Gasteiger partial charge in [-0.15, -0.1) is 0 Å². The van der Waals surface area contributed by atoms with Crippen LogP contribution in [0.1, 0.15) is 39.2 Å². The van der Waals surface area contributed by atoms with Crippen LogP contribution in [0.4, 0.5) is 9.59 Å². The summed E-state index contributed by atoms with van der Waals surface area (Å²) in [5.41, 5.74) is -1.07. The second kappa shape index (κ2) is 8.95. The summed E-state index contributed by atoms with van der Waals surface area (Å²) < 4.78 is 10.7. The normalized spacial score (nSPS) is 19.5. The fourth-order valence-corrected chi connectivity index (χ4v) is 3.08. The molecular weight excluding hydrogens is 362 g/mol. The molecule has 0 aromatic heterocycles. The van der Waals surface area contributed by atoms with E-state index in [9.17, 15) is 14.4 Å². The van der Waals surface area contributed by atoms with Crippen molar-refractivity contribution < 1.29 is 23.9 Å². The fraction of sp³-hybridized carbons (Fsp3) is 0.550. The van der Waals surface area contributed by atoms with E-state index in [0.29, 0.717) is 19.4 Å². The van der Waals surface area contributed by atoms with Gasteiger partial charge in [-0.05, 0) is 39.2 Å². The smallest absolute Gasteiger partial charge is 0.410 e. The molecular formula is C20H29N3O5. The molecule has 28 heavy (non-hydrogen) atoms. The lowest BCUT2D eigenvalue weighted by Gasteiger charge is -2.41. The SMILES string of the molecule is CNC(=O)C1(NC(=O)OCc2ccccc2)CCCN(C(=O)OC(C)(C)C)C1. The van der Waals surface area contributed by atoms with Crippen molar-refractivity contribution >= 4 is 18.1 Å². The maximum atomic E-state index is 12.6. The highest BCUT2D eigenvalue weighted by Crippen LogP contribution is 2.24. The van der Waals surface area contributed by atoms with Crippen molar-refractivity contribution in [2.45, 2.75) is 51.4 Å². The number of likely N-dealkylation sites (N-methyl/N-ethyl adjacent to an activating group) is 1. The number of likely N-dealkylation sites (tertiary alicyclic amines) is 1. The van der Waals surface area contributed by atoms with E-state index in [-0.39, 0.29) is 19.1 Å². The Hall–Kier alpha value is -2.77. The lowest BCUT2D eigenvalue weighted by atomic mass is 9.88. The zero-order chi connectivity index (χ0) is 20.8. The topological polar surface area (TPSA) is 97.0 Å². The molecule has 1 unspecified atom stereocenters. The Morgan fingerprint density at radius 3 is 2.46 bits per heavy atom. The highest BCUT2D eigenvalue weighted by Gasteiger charge is 2.45. The molecule has 1 atom stereocenters. The van der Waals surface area contributed by atoms with Gasteiger partial charge in [0, 0.05) is 13.6 Å². The van der Waals surface area contributed by atoms with Crippen LogP contribution < -0.4 is 10.6 Å². The van der Waals surface area contributed by atoms with Crippen molar-refractivity contribution in [3.63, 3.8) is 0 Å². The van der Waals surface area contributed by atoms with Gasteiger partial charge in [0.05, 0.1) is 6.54 Å². The minimum atomic E-state index is -1.27. The third kappa shape index (κ3) is 5.87. The first kappa shape index (κ1) is 21.5. The summed E-state index contributed by atoms with van der Waals surface area (Å²) in [5.74, 6) is -0.377. The number of carbonyl (C=O) groups is 3. The average Bonchev–Trinajstić information content (AvgIpc) is 2.65. The van der Waals surface area contributed by atoms with Crippen molar-refractivity contribution in [3.8, 4) is 0 Å². The van der Waals surface area contributed by atoms with Crippen LogP contribution in [-0.2, 0) is 20.9 Å². The standard InChI is InChI=1S/C20H29N3O5/c1-19(2,3)28-18(26)23-12-8-11-20(14-23,16(24)21-4)22-17(25)27-13-15-9-6-5-7-10-15/h5-7,9-10H,8,11-14H2,1-4H3,(H,21,24)(H,22,25). The van der Waals surface area contributed by atoms with Crippen LogP contribution in [0.3, 0.4) is 0 Å². The Bertz CT molecular complexity index is 702. The Labute approximate surface area is 165 Å². The van der Waals surface area contributed by atoms with E-state index in [1.165, 1.54) is 11.9 Å². The summed E-state index contributed by atoms with van der Waals surface area (Å²) in [4.78, 5) is 38.8. The predicted molar refractivity (Wildman–Crippen MR) is 104 cm³/mol. The summed E-state index contributed by atoms with van der Waals surface area (Å²) >= 11 is 0. The average molecular weight is 391 g/mol. The van der Waals surface area contributed by atoms with E-state index >= 15 is 0 Å². The van der Waals surface area contributed by atoms with Crippen LogP contribution in [0.2, 0.25) is 0 Å². The van der Waals surface area contributed by atoms with Crippen LogP contribution in [0.15, 0.2) is 30.3 Å². The number of carbonyl (C=O) groups excluding carboxylic acids is 3. The number of nitrogens with zero attached hydrogens (tertiary/aromatic N) is 1. The van der Waals surface area contributed by atoms with E-state index in [2.05, 4.69) is 10.6 Å². The van der Waals surface area contributed by atoms with E-state index < -0.39 is 23.3 Å². The number of rotatable bonds is 4. The van der Waals surface area contributed by atoms with Crippen LogP contribution in [0, 0.1) is 0 Å². The summed E-state index contributed by atoms with van der Waals surface area (Å²) in [5, 5.41) is 5.25. The van der Waals surface area contributed by atoms with E-state index in [1.54, 1.807) is 20.8 Å². The largest absolute Gasteiger partial charge is 0.445 e. The molecule has 8 heteroatoms. The molecule has 1 aliphatic heterocycles. The number of alkyl carbamates (subject to hydrolysis) is 1. The minimum Gasteiger partial charge on any atom is -0.445 e. The number of piperidine rings is 1. The minimum absolute atomic E-state index is 0.0159. The molecule has 2 rings (SSSR count). The zero-order valence-corrected chi connectivity index (χ0v) is 16.9. The third-order valence-corrected chi connectivity index (χ3v) is 4.36. The molecule has 3 amide bonds. The fourth-order valence-electron chi connectivity index (χ4n) is 3.08. The molecule has 0 saturated carbocycles. The highest BCUT2D eigenvalue weighted by molar-refractivity contribution is 5.90. The molecule has 0 radical (unpaired) electrons. The lowest BCUT2D eigenvalue weighted by Crippen LogP contribution is -2.66. The second-order valence-electron chi connectivity index (χ2n) is 7.85. The molecule has 1 aromatic rings. The Morgan fingerprint density at radius 2 is 1.86 bits per heavy atom. The number of benzene rings is 1. The van der Waals surface area contributed by atoms with Crippen LogP contribution in [-0.4, -0.2) is 54.3 Å². The molecule has 1 aliphatic rings. The van der Waals surface area contributed by atoms with Gasteiger partial charge in [0.2, 0.25) is 5.91 Å². The van der Waals surface area contributed by atoms with Crippen LogP contribution in [0.25, 0.3) is 0 Å². The molecule has 1 fully saturated rings. The number of nitrogens with one attached hydrogen (secondary N) is 2. The molecule has 2 N–H and O–H groups in total. The van der Waals surface area contributed by atoms with Crippen molar-refractivity contribution in [3.05, 3.63) is 35.9 Å². The van der Waals surface area contributed by atoms with E-state index in [1.807, 2.05) is 30.3 Å². The van der Waals surface area contributed by atoms with Crippen molar-refractivity contribution in [1.82, 2.24) is 15.5 Å². The molecule has 8 nitrogen and oxygen atoms in total. The summed E-state index contributed by atoms with van der Waals surface area (Å²) in [6, 6.07) is 9.25. The van der Waals surface area contributed by atoms with Gasteiger partial charge in [0.25, 0.3) is 0 Å². The van der Waals surface area contributed by atoms with Gasteiger partial charge < -0.3 is 25.0 Å². The van der Waals surface area contributed by atoms with Crippen LogP contribution >= 0.6 is 0 Å². The van der Waals surface area contributed by atoms with Gasteiger partial charge in [-0.1, -0.05) is 30.3 Å².